The lowest BCUT2D eigenvalue weighted by molar-refractivity contribution is -0.459. The third-order valence-electron chi connectivity index (χ3n) is 2.78. The highest BCUT2D eigenvalue weighted by Gasteiger charge is 2.87. The van der Waals surface area contributed by atoms with Crippen LogP contribution in [0, 0.1) is 0 Å². The van der Waals surface area contributed by atoms with E-state index in [0.717, 1.165) is 0 Å². The Balaban J connectivity index is 6.04. The highest BCUT2D eigenvalue weighted by atomic mass is 19.4. The van der Waals surface area contributed by atoms with Crippen LogP contribution in [0.15, 0.2) is 0 Å². The zero-order chi connectivity index (χ0) is 20.8. The molecular weight excluding hydrogens is 406 g/mol. The molecule has 0 radical (unpaired) electrons. The van der Waals surface area contributed by atoms with Crippen LogP contribution in [0.25, 0.3) is 0 Å². The average molecular weight is 412 g/mol. The molecule has 0 fully saturated rings. The van der Waals surface area contributed by atoms with E-state index in [9.17, 15) is 61.5 Å². The second-order valence-electron chi connectivity index (χ2n) is 4.56. The minimum atomic E-state index is -7.80. The average Bonchev–Trinajstić information content (AvgIpc) is 2.42. The summed E-state index contributed by atoms with van der Waals surface area (Å²) in [5.74, 6) is -30.3. The molecule has 0 aromatic carbocycles. The van der Waals surface area contributed by atoms with Gasteiger partial charge in [0.25, 0.3) is 6.43 Å². The molecule has 0 aliphatic rings. The van der Waals surface area contributed by atoms with Gasteiger partial charge in [0.1, 0.15) is 0 Å². The number of aliphatic hydroxyl groups is 2. The van der Waals surface area contributed by atoms with Gasteiger partial charge >= 0.3 is 29.7 Å². The molecule has 0 rings (SSSR count). The van der Waals surface area contributed by atoms with Gasteiger partial charge in [-0.05, 0) is 0 Å². The van der Waals surface area contributed by atoms with Gasteiger partial charge in [0, 0.05) is 0 Å². The number of rotatable bonds is 8. The molecule has 0 aliphatic heterocycles. The molecule has 0 aromatic heterocycles. The maximum Gasteiger partial charge on any atom is 0.400 e. The smallest absolute Gasteiger partial charge is 0.335 e. The summed E-state index contributed by atoms with van der Waals surface area (Å²) in [4.78, 5) is 0. The van der Waals surface area contributed by atoms with Crippen molar-refractivity contribution in [2.45, 2.75) is 54.7 Å². The summed E-state index contributed by atoms with van der Waals surface area (Å²) < 4.78 is 177. The van der Waals surface area contributed by atoms with Crippen molar-refractivity contribution in [2.75, 3.05) is 0 Å². The van der Waals surface area contributed by atoms with Crippen molar-refractivity contribution >= 4 is 0 Å². The first-order valence-corrected chi connectivity index (χ1v) is 5.53. The maximum absolute atomic E-state index is 13.0. The normalized spacial score (nSPS) is 19.1. The lowest BCUT2D eigenvalue weighted by Crippen LogP contribution is -2.70. The standard InChI is InChI=1S/C9H6F14O2/c10-1(2(11)4(13)14)3(12)5(15,16)6(17,18)7(19,20)8(21,22)9(23,24)25/h1-4,24-25H. The largest absolute Gasteiger partial charge is 0.400 e. The van der Waals surface area contributed by atoms with E-state index in [0.29, 0.717) is 0 Å². The summed E-state index contributed by atoms with van der Waals surface area (Å²) in [7, 11) is 0. The van der Waals surface area contributed by atoms with Gasteiger partial charge in [0.15, 0.2) is 12.3 Å². The maximum atomic E-state index is 13.0. The van der Waals surface area contributed by atoms with Crippen LogP contribution in [0.4, 0.5) is 61.5 Å². The molecule has 0 aliphatic carbocycles. The summed E-state index contributed by atoms with van der Waals surface area (Å²) in [6.07, 6.45) is -19.5. The Labute approximate surface area is 128 Å². The zero-order valence-corrected chi connectivity index (χ0v) is 11.0. The summed E-state index contributed by atoms with van der Waals surface area (Å²) in [5.41, 5.74) is 0. The molecule has 0 heterocycles. The van der Waals surface area contributed by atoms with Crippen molar-refractivity contribution in [1.29, 1.82) is 0 Å². The Kier molecular flexibility index (Phi) is 6.31. The van der Waals surface area contributed by atoms with Gasteiger partial charge in [0.2, 0.25) is 6.17 Å². The van der Waals surface area contributed by atoms with Crippen LogP contribution >= 0.6 is 0 Å². The predicted molar refractivity (Wildman–Crippen MR) is 48.8 cm³/mol. The fraction of sp³-hybridized carbons (Fsp3) is 1.00. The molecule has 0 amide bonds. The van der Waals surface area contributed by atoms with Crippen molar-refractivity contribution in [3.05, 3.63) is 0 Å². The summed E-state index contributed by atoms with van der Waals surface area (Å²) >= 11 is 0. The fourth-order valence-corrected chi connectivity index (χ4v) is 1.28. The summed E-state index contributed by atoms with van der Waals surface area (Å²) in [5, 5.41) is 15.3. The fourth-order valence-electron chi connectivity index (χ4n) is 1.28. The molecule has 25 heavy (non-hydrogen) atoms. The van der Waals surface area contributed by atoms with Crippen LogP contribution in [0.1, 0.15) is 0 Å². The third kappa shape index (κ3) is 3.59. The van der Waals surface area contributed by atoms with Crippen LogP contribution in [0.3, 0.4) is 0 Å². The second kappa shape index (κ2) is 6.59. The van der Waals surface area contributed by atoms with Gasteiger partial charge in [0.05, 0.1) is 0 Å². The van der Waals surface area contributed by atoms with Crippen molar-refractivity contribution in [1.82, 2.24) is 0 Å². The lowest BCUT2D eigenvalue weighted by atomic mass is 9.92. The number of alkyl halides is 14. The Hall–Kier alpha value is -1.06. The number of hydrogen-bond donors (Lipinski definition) is 2. The molecule has 3 atom stereocenters. The minimum absolute atomic E-state index is 4.54. The summed E-state index contributed by atoms with van der Waals surface area (Å²) in [6.45, 7) is 0. The van der Waals surface area contributed by atoms with Crippen LogP contribution < -0.4 is 0 Å². The minimum Gasteiger partial charge on any atom is -0.335 e. The predicted octanol–water partition coefficient (Wildman–Crippen LogP) is 3.41. The quantitative estimate of drug-likeness (QED) is 0.474. The van der Waals surface area contributed by atoms with Gasteiger partial charge in [-0.25, -0.2) is 22.0 Å². The second-order valence-corrected chi connectivity index (χ2v) is 4.56. The molecule has 2 nitrogen and oxygen atoms in total. The first kappa shape index (κ1) is 23.9. The van der Waals surface area contributed by atoms with Crippen molar-refractivity contribution in [2.24, 2.45) is 0 Å². The third-order valence-corrected chi connectivity index (χ3v) is 2.78. The zero-order valence-electron chi connectivity index (χ0n) is 11.0. The van der Waals surface area contributed by atoms with Gasteiger partial charge in [-0.2, -0.15) is 39.5 Å². The molecule has 0 saturated carbocycles. The van der Waals surface area contributed by atoms with Gasteiger partial charge in [-0.15, -0.1) is 0 Å². The van der Waals surface area contributed by atoms with Gasteiger partial charge in [-0.1, -0.05) is 0 Å². The van der Waals surface area contributed by atoms with E-state index in [2.05, 4.69) is 0 Å². The van der Waals surface area contributed by atoms with Gasteiger partial charge < -0.3 is 10.2 Å². The van der Waals surface area contributed by atoms with Crippen LogP contribution in [0.5, 0.6) is 0 Å². The SMILES string of the molecule is OC(O)(F)C(F)(F)C(F)(F)C(F)(F)C(F)(F)C(F)C(F)C(F)C(F)F. The Morgan fingerprint density at radius 1 is 0.520 bits per heavy atom. The molecule has 0 bridgehead atoms. The molecule has 0 saturated heterocycles. The lowest BCUT2D eigenvalue weighted by Gasteiger charge is -2.39. The van der Waals surface area contributed by atoms with Crippen LogP contribution in [-0.4, -0.2) is 64.9 Å². The van der Waals surface area contributed by atoms with Crippen molar-refractivity contribution in [3.63, 3.8) is 0 Å². The van der Waals surface area contributed by atoms with Gasteiger partial charge in [-0.3, -0.25) is 0 Å². The van der Waals surface area contributed by atoms with E-state index in [4.69, 9.17) is 10.2 Å². The van der Waals surface area contributed by atoms with Crippen molar-refractivity contribution in [3.8, 4) is 0 Å². The molecule has 2 N–H and O–H groups in total. The highest BCUT2D eigenvalue weighted by molar-refractivity contribution is 5.09. The highest BCUT2D eigenvalue weighted by Crippen LogP contribution is 2.57. The van der Waals surface area contributed by atoms with E-state index >= 15 is 0 Å². The van der Waals surface area contributed by atoms with E-state index in [1.165, 1.54) is 0 Å². The number of hydrogen-bond acceptors (Lipinski definition) is 2. The Morgan fingerprint density at radius 2 is 0.880 bits per heavy atom. The Morgan fingerprint density at radius 3 is 1.16 bits per heavy atom. The molecular formula is C9H6F14O2. The first-order chi connectivity index (χ1) is 10.7. The van der Waals surface area contributed by atoms with Crippen molar-refractivity contribution < 1.29 is 71.7 Å². The monoisotopic (exact) mass is 412 g/mol. The molecule has 152 valence electrons. The van der Waals surface area contributed by atoms with E-state index < -0.39 is 54.7 Å². The van der Waals surface area contributed by atoms with E-state index in [1.54, 1.807) is 0 Å². The molecule has 0 aromatic rings. The topological polar surface area (TPSA) is 40.5 Å². The number of halogens is 14. The van der Waals surface area contributed by atoms with Crippen LogP contribution in [-0.2, 0) is 0 Å². The molecule has 0 spiro atoms. The van der Waals surface area contributed by atoms with E-state index in [1.807, 2.05) is 0 Å². The molecule has 16 heteroatoms. The molecule has 3 unspecified atom stereocenters. The van der Waals surface area contributed by atoms with E-state index in [-0.39, 0.29) is 0 Å². The Bertz CT molecular complexity index is 458. The summed E-state index contributed by atoms with van der Waals surface area (Å²) in [6, 6.07) is -6.54. The van der Waals surface area contributed by atoms with Crippen LogP contribution in [0.2, 0.25) is 0 Å². The first-order valence-electron chi connectivity index (χ1n) is 5.53.